The average molecular weight is 954 g/mol. The van der Waals surface area contributed by atoms with Crippen LogP contribution < -0.4 is 5.32 Å². The van der Waals surface area contributed by atoms with E-state index in [0.29, 0.717) is 12.8 Å². The molecule has 12 unspecified atom stereocenters. The summed E-state index contributed by atoms with van der Waals surface area (Å²) in [7, 11) is 0. The van der Waals surface area contributed by atoms with Crippen molar-refractivity contribution in [3.8, 4) is 0 Å². The minimum absolute atomic E-state index is 0.259. The summed E-state index contributed by atoms with van der Waals surface area (Å²) in [6, 6.07) is -0.935. The van der Waals surface area contributed by atoms with Crippen LogP contribution in [0.1, 0.15) is 187 Å². The number of rotatable bonds is 40. The zero-order valence-electron chi connectivity index (χ0n) is 41.4. The third kappa shape index (κ3) is 26.7. The molecule has 14 heteroatoms. The Balaban J connectivity index is 1.85. The van der Waals surface area contributed by atoms with E-state index in [-0.39, 0.29) is 18.9 Å². The lowest BCUT2D eigenvalue weighted by Crippen LogP contribution is -2.65. The number of hydrogen-bond donors (Lipinski definition) is 9. The minimum Gasteiger partial charge on any atom is -0.394 e. The Bertz CT molecular complexity index is 1310. The van der Waals surface area contributed by atoms with E-state index in [9.17, 15) is 45.6 Å². The zero-order valence-corrected chi connectivity index (χ0v) is 41.4. The van der Waals surface area contributed by atoms with E-state index < -0.39 is 86.8 Å². The Morgan fingerprint density at radius 3 is 1.57 bits per heavy atom. The number of ether oxygens (including phenoxy) is 4. The second-order valence-corrected chi connectivity index (χ2v) is 18.6. The van der Waals surface area contributed by atoms with Crippen LogP contribution in [0.2, 0.25) is 0 Å². The molecule has 2 aliphatic heterocycles. The van der Waals surface area contributed by atoms with E-state index in [4.69, 9.17) is 18.9 Å². The van der Waals surface area contributed by atoms with Gasteiger partial charge in [0.25, 0.3) is 0 Å². The standard InChI is InChI=1S/C53H95NO13/c1-3-5-7-9-11-13-15-17-19-20-21-23-25-27-29-31-33-35-37-45(58)54-41(42(57)36-34-32-30-28-26-24-22-18-16-14-12-10-8-6-4-2)40-64-52-50(63)48(61)51(44(39-56)66-52)67-53-49(62)47(60)46(59)43(38-55)65-53/h13,15,19-20,26,28,34,36,41-44,46-53,55-57,59-63H,3-12,14,16-18,21-25,27,29-33,35,37-40H2,1-2H3,(H,54,58)/b15-13-,20-19-,28-26+,36-34+. The first-order chi connectivity index (χ1) is 32.6. The van der Waals surface area contributed by atoms with Gasteiger partial charge < -0.3 is 65.1 Å². The van der Waals surface area contributed by atoms with Gasteiger partial charge in [0.1, 0.15) is 48.8 Å². The number of carbonyl (C=O) groups excluding carboxylic acids is 1. The highest BCUT2D eigenvalue weighted by atomic mass is 16.7. The lowest BCUT2D eigenvalue weighted by atomic mass is 9.97. The first-order valence-electron chi connectivity index (χ1n) is 26.4. The Morgan fingerprint density at radius 1 is 0.537 bits per heavy atom. The normalized spacial score (nSPS) is 27.0. The first-order valence-corrected chi connectivity index (χ1v) is 26.4. The fourth-order valence-corrected chi connectivity index (χ4v) is 8.39. The predicted molar refractivity (Wildman–Crippen MR) is 263 cm³/mol. The number of amides is 1. The summed E-state index contributed by atoms with van der Waals surface area (Å²) < 4.78 is 22.7. The van der Waals surface area contributed by atoms with E-state index in [1.54, 1.807) is 6.08 Å². The van der Waals surface area contributed by atoms with Crippen LogP contribution in [-0.2, 0) is 23.7 Å². The number of carbonyl (C=O) groups is 1. The number of nitrogens with one attached hydrogen (secondary N) is 1. The van der Waals surface area contributed by atoms with Crippen molar-refractivity contribution in [1.29, 1.82) is 0 Å². The van der Waals surface area contributed by atoms with Gasteiger partial charge in [0.05, 0.1) is 32.0 Å². The molecule has 0 spiro atoms. The molecule has 390 valence electrons. The average Bonchev–Trinajstić information content (AvgIpc) is 3.32. The van der Waals surface area contributed by atoms with E-state index >= 15 is 0 Å². The van der Waals surface area contributed by atoms with E-state index in [0.717, 1.165) is 51.4 Å². The summed E-state index contributed by atoms with van der Waals surface area (Å²) >= 11 is 0. The molecule has 2 heterocycles. The summed E-state index contributed by atoms with van der Waals surface area (Å²) in [5.41, 5.74) is 0. The molecule has 2 saturated heterocycles. The Labute approximate surface area is 403 Å². The van der Waals surface area contributed by atoms with Gasteiger partial charge in [-0.2, -0.15) is 0 Å². The number of aliphatic hydroxyl groups excluding tert-OH is 8. The molecule has 0 aliphatic carbocycles. The van der Waals surface area contributed by atoms with Gasteiger partial charge in [-0.25, -0.2) is 0 Å². The molecule has 0 aromatic carbocycles. The molecule has 0 bridgehead atoms. The SMILES string of the molecule is CCCCCC/C=C\C/C=C\CCCCCCCCCC(=O)NC(COC1OC(CO)C(OC2OC(CO)C(O)C(O)C2O)C(O)C1O)C(O)/C=C/CC/C=C/CCCCCCCCCCC. The number of hydrogen-bond acceptors (Lipinski definition) is 13. The van der Waals surface area contributed by atoms with Gasteiger partial charge in [0.2, 0.25) is 5.91 Å². The summed E-state index contributed by atoms with van der Waals surface area (Å²) in [6.07, 6.45) is 30.0. The van der Waals surface area contributed by atoms with Gasteiger partial charge in [-0.15, -0.1) is 0 Å². The topological polar surface area (TPSA) is 228 Å². The Morgan fingerprint density at radius 2 is 1.00 bits per heavy atom. The highest BCUT2D eigenvalue weighted by molar-refractivity contribution is 5.76. The van der Waals surface area contributed by atoms with E-state index in [2.05, 4.69) is 55.6 Å². The predicted octanol–water partition coefficient (Wildman–Crippen LogP) is 7.27. The quantitative estimate of drug-likeness (QED) is 0.0218. The van der Waals surface area contributed by atoms with Crippen LogP contribution in [0.3, 0.4) is 0 Å². The highest BCUT2D eigenvalue weighted by Gasteiger charge is 2.51. The van der Waals surface area contributed by atoms with Gasteiger partial charge in [-0.3, -0.25) is 4.79 Å². The molecular formula is C53H95NO13. The zero-order chi connectivity index (χ0) is 48.9. The van der Waals surface area contributed by atoms with Gasteiger partial charge in [-0.05, 0) is 64.2 Å². The molecule has 0 radical (unpaired) electrons. The Kier molecular flexibility index (Phi) is 36.1. The van der Waals surface area contributed by atoms with Crippen molar-refractivity contribution in [2.75, 3.05) is 19.8 Å². The van der Waals surface area contributed by atoms with Gasteiger partial charge in [-0.1, -0.05) is 165 Å². The third-order valence-corrected chi connectivity index (χ3v) is 12.7. The number of allylic oxidation sites excluding steroid dienone is 7. The monoisotopic (exact) mass is 954 g/mol. The van der Waals surface area contributed by atoms with Crippen molar-refractivity contribution in [3.63, 3.8) is 0 Å². The summed E-state index contributed by atoms with van der Waals surface area (Å²) in [6.45, 7) is 2.73. The van der Waals surface area contributed by atoms with E-state index in [1.165, 1.54) is 103 Å². The van der Waals surface area contributed by atoms with Gasteiger partial charge >= 0.3 is 0 Å². The second kappa shape index (κ2) is 39.6. The van der Waals surface area contributed by atoms with Gasteiger partial charge in [0.15, 0.2) is 12.6 Å². The fourth-order valence-electron chi connectivity index (χ4n) is 8.39. The Hall–Kier alpha value is -2.05. The minimum atomic E-state index is -1.79. The second-order valence-electron chi connectivity index (χ2n) is 18.6. The third-order valence-electron chi connectivity index (χ3n) is 12.7. The molecule has 0 aromatic heterocycles. The van der Waals surface area contributed by atoms with Crippen LogP contribution in [-0.4, -0.2) is 140 Å². The molecule has 1 amide bonds. The van der Waals surface area contributed by atoms with Crippen molar-refractivity contribution >= 4 is 5.91 Å². The van der Waals surface area contributed by atoms with Crippen LogP contribution in [0, 0.1) is 0 Å². The molecule has 67 heavy (non-hydrogen) atoms. The number of aliphatic hydroxyl groups is 8. The maximum Gasteiger partial charge on any atom is 0.220 e. The van der Waals surface area contributed by atoms with Crippen LogP contribution in [0.25, 0.3) is 0 Å². The highest BCUT2D eigenvalue weighted by Crippen LogP contribution is 2.30. The number of unbranched alkanes of at least 4 members (excludes halogenated alkanes) is 21. The summed E-state index contributed by atoms with van der Waals surface area (Å²) in [5, 5.41) is 86.8. The van der Waals surface area contributed by atoms with Crippen molar-refractivity contribution < 1.29 is 64.6 Å². The van der Waals surface area contributed by atoms with Crippen LogP contribution >= 0.6 is 0 Å². The summed E-state index contributed by atoms with van der Waals surface area (Å²) in [5.74, 6) is -0.259. The lowest BCUT2D eigenvalue weighted by molar-refractivity contribution is -0.359. The molecule has 2 rings (SSSR count). The smallest absolute Gasteiger partial charge is 0.220 e. The summed E-state index contributed by atoms with van der Waals surface area (Å²) in [4.78, 5) is 13.2. The van der Waals surface area contributed by atoms with Gasteiger partial charge in [0, 0.05) is 6.42 Å². The first kappa shape index (κ1) is 61.1. The molecular weight excluding hydrogens is 859 g/mol. The molecule has 0 aromatic rings. The molecule has 2 aliphatic rings. The van der Waals surface area contributed by atoms with E-state index in [1.807, 2.05) is 6.08 Å². The molecule has 2 fully saturated rings. The van der Waals surface area contributed by atoms with Crippen molar-refractivity contribution in [1.82, 2.24) is 5.32 Å². The van der Waals surface area contributed by atoms with Crippen molar-refractivity contribution in [3.05, 3.63) is 48.6 Å². The molecule has 14 nitrogen and oxygen atoms in total. The fraction of sp³-hybridized carbons (Fsp3) is 0.830. The largest absolute Gasteiger partial charge is 0.394 e. The van der Waals surface area contributed by atoms with Crippen LogP contribution in [0.5, 0.6) is 0 Å². The molecule has 12 atom stereocenters. The van der Waals surface area contributed by atoms with Crippen LogP contribution in [0.15, 0.2) is 48.6 Å². The molecule has 9 N–H and O–H groups in total. The van der Waals surface area contributed by atoms with Crippen molar-refractivity contribution in [2.45, 2.75) is 261 Å². The maximum absolute atomic E-state index is 13.2. The van der Waals surface area contributed by atoms with Crippen LogP contribution in [0.4, 0.5) is 0 Å². The van der Waals surface area contributed by atoms with Crippen molar-refractivity contribution in [2.24, 2.45) is 0 Å². The molecule has 0 saturated carbocycles. The lowest BCUT2D eigenvalue weighted by Gasteiger charge is -2.46. The maximum atomic E-state index is 13.2.